The average molecular weight is 670 g/mol. The number of aromatic nitrogens is 3. The topological polar surface area (TPSA) is 114 Å². The van der Waals surface area contributed by atoms with Crippen molar-refractivity contribution in [1.29, 1.82) is 0 Å². The highest BCUT2D eigenvalue weighted by molar-refractivity contribution is 7.90. The number of sulfone groups is 1. The number of para-hydroxylation sites is 2. The Hall–Kier alpha value is -4.68. The number of hydrogen-bond donors (Lipinski definition) is 1. The number of hydrogen-bond acceptors (Lipinski definition) is 7. The standard InChI is InChI=1S/C35H32FN5O4S2/c1-21-7-5-9-26(36)31(21)38-34(42)30-19-23-15-16-41(29-12-4-3-8-24(29)33(23)46-30)35(43)28-11-6-10-27(37-28)25-20-40(17-18-47(2,44)45)39-32(25)22-13-14-22/h3-12,19-20,22H,13-18H2,1-2H3,(H,38,42). The van der Waals surface area contributed by atoms with Crippen LogP contribution in [-0.2, 0) is 22.8 Å². The normalized spacial score (nSPS) is 14.3. The SMILES string of the molecule is Cc1cccc(F)c1NC(=O)c1cc2c(s1)-c1ccccc1N(C(=O)c1cccc(-c3cn(CCS(C)(=O)=O)nc3C3CC3)n1)CC2. The van der Waals surface area contributed by atoms with Crippen molar-refractivity contribution in [1.82, 2.24) is 14.8 Å². The van der Waals surface area contributed by atoms with Crippen molar-refractivity contribution >= 4 is 44.4 Å². The molecule has 2 aliphatic rings. The minimum atomic E-state index is -3.15. The van der Waals surface area contributed by atoms with E-state index in [1.807, 2.05) is 48.7 Å². The van der Waals surface area contributed by atoms with E-state index in [2.05, 4.69) is 5.32 Å². The van der Waals surface area contributed by atoms with E-state index in [4.69, 9.17) is 10.1 Å². The molecule has 1 N–H and O–H groups in total. The number of nitrogens with one attached hydrogen (secondary N) is 1. The minimum Gasteiger partial charge on any atom is -0.319 e. The molecule has 0 saturated heterocycles. The van der Waals surface area contributed by atoms with Gasteiger partial charge < -0.3 is 10.2 Å². The van der Waals surface area contributed by atoms with Crippen molar-refractivity contribution in [2.45, 2.75) is 38.6 Å². The maximum absolute atomic E-state index is 14.4. The summed E-state index contributed by atoms with van der Waals surface area (Å²) in [6.45, 7) is 2.36. The summed E-state index contributed by atoms with van der Waals surface area (Å²) in [6, 6.07) is 19.5. The fourth-order valence-corrected chi connectivity index (χ4v) is 7.55. The summed E-state index contributed by atoms with van der Waals surface area (Å²) in [5.41, 5.74) is 5.88. The largest absolute Gasteiger partial charge is 0.319 e. The van der Waals surface area contributed by atoms with Crippen LogP contribution >= 0.6 is 11.3 Å². The van der Waals surface area contributed by atoms with E-state index in [-0.39, 0.29) is 35.5 Å². The molecule has 4 heterocycles. The van der Waals surface area contributed by atoms with Crippen molar-refractivity contribution in [3.63, 3.8) is 0 Å². The fraction of sp³-hybridized carbons (Fsp3) is 0.257. The predicted octanol–water partition coefficient (Wildman–Crippen LogP) is 6.50. The van der Waals surface area contributed by atoms with Crippen molar-refractivity contribution in [3.05, 3.63) is 106 Å². The summed E-state index contributed by atoms with van der Waals surface area (Å²) in [6.07, 6.45) is 5.57. The van der Waals surface area contributed by atoms with Gasteiger partial charge in [0, 0.05) is 40.9 Å². The molecule has 1 aliphatic heterocycles. The van der Waals surface area contributed by atoms with E-state index in [9.17, 15) is 22.4 Å². The number of amides is 2. The number of halogens is 1. The summed E-state index contributed by atoms with van der Waals surface area (Å²) in [5.74, 6) is -0.836. The van der Waals surface area contributed by atoms with Gasteiger partial charge in [-0.3, -0.25) is 14.3 Å². The molecule has 5 aromatic rings. The Bertz CT molecular complexity index is 2130. The summed E-state index contributed by atoms with van der Waals surface area (Å²) >= 11 is 1.32. The predicted molar refractivity (Wildman–Crippen MR) is 181 cm³/mol. The fourth-order valence-electron chi connectivity index (χ4n) is 5.89. The van der Waals surface area contributed by atoms with Crippen LogP contribution in [0.15, 0.2) is 72.9 Å². The number of carbonyl (C=O) groups excluding carboxylic acids is 2. The first-order chi connectivity index (χ1) is 22.6. The van der Waals surface area contributed by atoms with Gasteiger partial charge in [0.15, 0.2) is 0 Å². The number of carbonyl (C=O) groups is 2. The number of nitrogens with zero attached hydrogens (tertiary/aromatic N) is 4. The maximum Gasteiger partial charge on any atom is 0.276 e. The number of pyridine rings is 1. The lowest BCUT2D eigenvalue weighted by Crippen LogP contribution is -2.33. The summed E-state index contributed by atoms with van der Waals surface area (Å²) in [5, 5.41) is 7.43. The van der Waals surface area contributed by atoms with E-state index in [1.54, 1.807) is 34.7 Å². The van der Waals surface area contributed by atoms with Crippen molar-refractivity contribution in [3.8, 4) is 21.7 Å². The molecule has 9 nitrogen and oxygen atoms in total. The first-order valence-electron chi connectivity index (χ1n) is 15.4. The Labute approximate surface area is 276 Å². The Kier molecular flexibility index (Phi) is 8.01. The highest BCUT2D eigenvalue weighted by atomic mass is 32.2. The zero-order valence-electron chi connectivity index (χ0n) is 25.9. The first-order valence-corrected chi connectivity index (χ1v) is 18.3. The second kappa shape index (κ2) is 12.2. The number of aryl methyl sites for hydroxylation is 2. The van der Waals surface area contributed by atoms with E-state index in [0.717, 1.165) is 45.8 Å². The molecule has 0 radical (unpaired) electrons. The highest BCUT2D eigenvalue weighted by Crippen LogP contribution is 2.44. The van der Waals surface area contributed by atoms with Gasteiger partial charge in [0.05, 0.1) is 39.9 Å². The Morgan fingerprint density at radius 3 is 2.60 bits per heavy atom. The Morgan fingerprint density at radius 1 is 1.04 bits per heavy atom. The molecular formula is C35H32FN5O4S2. The molecule has 1 aliphatic carbocycles. The average Bonchev–Trinajstić information content (AvgIpc) is 3.70. The van der Waals surface area contributed by atoms with E-state index in [0.29, 0.717) is 35.0 Å². The molecule has 0 spiro atoms. The van der Waals surface area contributed by atoms with E-state index in [1.165, 1.54) is 23.7 Å². The molecule has 1 saturated carbocycles. The van der Waals surface area contributed by atoms with Crippen LogP contribution in [0.4, 0.5) is 15.8 Å². The summed E-state index contributed by atoms with van der Waals surface area (Å²) in [4.78, 5) is 35.2. The van der Waals surface area contributed by atoms with E-state index < -0.39 is 15.7 Å². The van der Waals surface area contributed by atoms with Crippen LogP contribution in [0.1, 0.15) is 55.7 Å². The number of benzene rings is 2. The molecule has 0 atom stereocenters. The van der Waals surface area contributed by atoms with Crippen molar-refractivity contribution in [2.24, 2.45) is 0 Å². The van der Waals surface area contributed by atoms with Gasteiger partial charge in [0.25, 0.3) is 11.8 Å². The van der Waals surface area contributed by atoms with Crippen LogP contribution in [0, 0.1) is 12.7 Å². The lowest BCUT2D eigenvalue weighted by atomic mass is 10.1. The number of rotatable bonds is 8. The van der Waals surface area contributed by atoms with Gasteiger partial charge in [0.1, 0.15) is 21.3 Å². The van der Waals surface area contributed by atoms with Gasteiger partial charge in [-0.2, -0.15) is 5.10 Å². The molecule has 0 bridgehead atoms. The molecule has 7 rings (SSSR count). The highest BCUT2D eigenvalue weighted by Gasteiger charge is 2.32. The first kappa shape index (κ1) is 30.9. The molecular weight excluding hydrogens is 638 g/mol. The second-order valence-corrected chi connectivity index (χ2v) is 15.4. The molecule has 12 heteroatoms. The van der Waals surface area contributed by atoms with Gasteiger partial charge in [-0.15, -0.1) is 11.3 Å². The third-order valence-electron chi connectivity index (χ3n) is 8.47. The third-order valence-corrected chi connectivity index (χ3v) is 10.6. The maximum atomic E-state index is 14.4. The smallest absolute Gasteiger partial charge is 0.276 e. The van der Waals surface area contributed by atoms with Gasteiger partial charge in [-0.05, 0) is 67.6 Å². The van der Waals surface area contributed by atoms with Crippen LogP contribution in [0.25, 0.3) is 21.7 Å². The minimum absolute atomic E-state index is 0.0125. The molecule has 240 valence electrons. The molecule has 0 unspecified atom stereocenters. The van der Waals surface area contributed by atoms with Crippen LogP contribution in [0.5, 0.6) is 0 Å². The second-order valence-electron chi connectivity index (χ2n) is 12.1. The van der Waals surface area contributed by atoms with Crippen LogP contribution in [-0.4, -0.2) is 53.5 Å². The van der Waals surface area contributed by atoms with Crippen LogP contribution in [0.2, 0.25) is 0 Å². The molecule has 1 fully saturated rings. The molecule has 2 amide bonds. The Balaban J connectivity index is 1.17. The molecule has 3 aromatic heterocycles. The van der Waals surface area contributed by atoms with Gasteiger partial charge in [0.2, 0.25) is 0 Å². The van der Waals surface area contributed by atoms with Crippen molar-refractivity contribution in [2.75, 3.05) is 28.8 Å². The third kappa shape index (κ3) is 6.35. The summed E-state index contributed by atoms with van der Waals surface area (Å²) in [7, 11) is -3.15. The van der Waals surface area contributed by atoms with Gasteiger partial charge in [-0.1, -0.05) is 36.4 Å². The Morgan fingerprint density at radius 2 is 1.83 bits per heavy atom. The number of fused-ring (bicyclic) bond motifs is 3. The van der Waals surface area contributed by atoms with E-state index >= 15 is 0 Å². The van der Waals surface area contributed by atoms with Crippen LogP contribution < -0.4 is 10.2 Å². The quantitative estimate of drug-likeness (QED) is 0.202. The lowest BCUT2D eigenvalue weighted by Gasteiger charge is -2.23. The zero-order valence-corrected chi connectivity index (χ0v) is 27.5. The van der Waals surface area contributed by atoms with Gasteiger partial charge in [-0.25, -0.2) is 17.8 Å². The monoisotopic (exact) mass is 669 g/mol. The number of anilines is 2. The lowest BCUT2D eigenvalue weighted by molar-refractivity contribution is 0.0981. The van der Waals surface area contributed by atoms with Crippen molar-refractivity contribution < 1.29 is 22.4 Å². The zero-order chi connectivity index (χ0) is 32.9. The van der Waals surface area contributed by atoms with Crippen LogP contribution in [0.3, 0.4) is 0 Å². The van der Waals surface area contributed by atoms with Gasteiger partial charge >= 0.3 is 0 Å². The summed E-state index contributed by atoms with van der Waals surface area (Å²) < 4.78 is 39.6. The molecule has 47 heavy (non-hydrogen) atoms. The number of thiophene rings is 1. The molecule has 2 aromatic carbocycles.